The maximum absolute atomic E-state index is 5.64. The van der Waals surface area contributed by atoms with E-state index in [4.69, 9.17) is 21.7 Å². The first-order valence-corrected chi connectivity index (χ1v) is 8.17. The van der Waals surface area contributed by atoms with Crippen LogP contribution in [0.4, 0.5) is 0 Å². The lowest BCUT2D eigenvalue weighted by atomic mass is 10.1. The lowest BCUT2D eigenvalue weighted by Crippen LogP contribution is -2.35. The van der Waals surface area contributed by atoms with Crippen molar-refractivity contribution in [3.8, 4) is 11.5 Å². The van der Waals surface area contributed by atoms with Gasteiger partial charge in [0, 0.05) is 23.1 Å². The van der Waals surface area contributed by atoms with Crippen molar-refractivity contribution in [1.29, 1.82) is 0 Å². The first-order valence-electron chi connectivity index (χ1n) is 6.97. The molecule has 2 rings (SSSR count). The number of rotatable bonds is 4. The first kappa shape index (κ1) is 15.6. The van der Waals surface area contributed by atoms with E-state index in [9.17, 15) is 0 Å². The predicted octanol–water partition coefficient (Wildman–Crippen LogP) is 4.02. The molecular formula is C15H20BrNO2S. The molecule has 0 unspecified atom stereocenters. The Morgan fingerprint density at radius 2 is 1.95 bits per heavy atom. The van der Waals surface area contributed by atoms with Crippen molar-refractivity contribution in [2.45, 2.75) is 26.2 Å². The molecule has 1 saturated heterocycles. The van der Waals surface area contributed by atoms with E-state index in [1.807, 2.05) is 19.1 Å². The second-order valence-corrected chi connectivity index (χ2v) is 6.01. The third kappa shape index (κ3) is 3.44. The number of nitrogens with zero attached hydrogens (tertiary/aromatic N) is 1. The second-order valence-electron chi connectivity index (χ2n) is 4.77. The molecule has 1 heterocycles. The molecule has 1 aromatic carbocycles. The molecular weight excluding hydrogens is 338 g/mol. The van der Waals surface area contributed by atoms with E-state index in [1.54, 1.807) is 7.11 Å². The van der Waals surface area contributed by atoms with Crippen molar-refractivity contribution in [1.82, 2.24) is 4.90 Å². The Morgan fingerprint density at radius 1 is 1.25 bits per heavy atom. The molecule has 20 heavy (non-hydrogen) atoms. The molecule has 0 aliphatic carbocycles. The van der Waals surface area contributed by atoms with Crippen LogP contribution in [0.2, 0.25) is 0 Å². The minimum absolute atomic E-state index is 0.610. The highest BCUT2D eigenvalue weighted by atomic mass is 79.9. The zero-order valence-corrected chi connectivity index (χ0v) is 14.3. The normalized spacial score (nSPS) is 15.1. The summed E-state index contributed by atoms with van der Waals surface area (Å²) >= 11 is 9.24. The fraction of sp³-hybridized carbons (Fsp3) is 0.533. The number of ether oxygens (including phenoxy) is 2. The van der Waals surface area contributed by atoms with Crippen molar-refractivity contribution in [2.24, 2.45) is 0 Å². The highest BCUT2D eigenvalue weighted by Gasteiger charge is 2.19. The lowest BCUT2D eigenvalue weighted by Gasteiger charge is -2.29. The third-order valence-corrected chi connectivity index (χ3v) is 4.56. The average molecular weight is 358 g/mol. The van der Waals surface area contributed by atoms with Crippen LogP contribution in [-0.4, -0.2) is 36.7 Å². The first-order chi connectivity index (χ1) is 9.67. The van der Waals surface area contributed by atoms with Gasteiger partial charge in [0.25, 0.3) is 0 Å². The molecule has 0 amide bonds. The summed E-state index contributed by atoms with van der Waals surface area (Å²) in [4.78, 5) is 3.16. The second kappa shape index (κ2) is 7.27. The largest absolute Gasteiger partial charge is 0.493 e. The van der Waals surface area contributed by atoms with Crippen LogP contribution < -0.4 is 9.47 Å². The van der Waals surface area contributed by atoms with Crippen LogP contribution in [0.3, 0.4) is 0 Å². The molecule has 0 atom stereocenters. The van der Waals surface area contributed by atoms with E-state index in [1.165, 1.54) is 19.3 Å². The Bertz CT molecular complexity index is 487. The van der Waals surface area contributed by atoms with Gasteiger partial charge in [-0.05, 0) is 54.2 Å². The minimum atomic E-state index is 0.610. The molecule has 1 aliphatic rings. The van der Waals surface area contributed by atoms with Gasteiger partial charge in [-0.1, -0.05) is 12.2 Å². The molecule has 0 N–H and O–H groups in total. The summed E-state index contributed by atoms with van der Waals surface area (Å²) in [5.41, 5.74) is 1.00. The van der Waals surface area contributed by atoms with Gasteiger partial charge < -0.3 is 14.4 Å². The molecule has 3 nitrogen and oxygen atoms in total. The summed E-state index contributed by atoms with van der Waals surface area (Å²) in [6, 6.07) is 3.90. The van der Waals surface area contributed by atoms with Crippen molar-refractivity contribution in [2.75, 3.05) is 26.8 Å². The molecule has 0 bridgehead atoms. The average Bonchev–Trinajstić information content (AvgIpc) is 2.48. The molecule has 5 heteroatoms. The zero-order chi connectivity index (χ0) is 14.5. The number of hydrogen-bond acceptors (Lipinski definition) is 3. The van der Waals surface area contributed by atoms with Crippen LogP contribution in [-0.2, 0) is 0 Å². The Morgan fingerprint density at radius 3 is 2.55 bits per heavy atom. The van der Waals surface area contributed by atoms with Gasteiger partial charge in [-0.2, -0.15) is 0 Å². The fourth-order valence-electron chi connectivity index (χ4n) is 2.39. The van der Waals surface area contributed by atoms with Crippen LogP contribution in [0, 0.1) is 0 Å². The number of benzene rings is 1. The molecule has 1 fully saturated rings. The molecule has 0 saturated carbocycles. The van der Waals surface area contributed by atoms with Gasteiger partial charge in [-0.3, -0.25) is 0 Å². The maximum atomic E-state index is 5.64. The number of hydrogen-bond donors (Lipinski definition) is 0. The van der Waals surface area contributed by atoms with Gasteiger partial charge in [-0.25, -0.2) is 0 Å². The van der Waals surface area contributed by atoms with Crippen LogP contribution in [0.1, 0.15) is 31.7 Å². The summed E-state index contributed by atoms with van der Waals surface area (Å²) in [6.07, 6.45) is 3.73. The van der Waals surface area contributed by atoms with Gasteiger partial charge in [0.15, 0.2) is 11.5 Å². The number of thiocarbonyl (C=S) groups is 1. The Labute approximate surface area is 134 Å². The van der Waals surface area contributed by atoms with Crippen LogP contribution in [0.15, 0.2) is 16.6 Å². The zero-order valence-electron chi connectivity index (χ0n) is 11.9. The number of piperidine rings is 1. The molecule has 1 aliphatic heterocycles. The maximum Gasteiger partial charge on any atom is 0.162 e. The monoisotopic (exact) mass is 357 g/mol. The molecule has 110 valence electrons. The number of likely N-dealkylation sites (tertiary alicyclic amines) is 1. The van der Waals surface area contributed by atoms with Gasteiger partial charge in [0.2, 0.25) is 0 Å². The predicted molar refractivity (Wildman–Crippen MR) is 89.0 cm³/mol. The highest BCUT2D eigenvalue weighted by molar-refractivity contribution is 9.10. The van der Waals surface area contributed by atoms with E-state index in [2.05, 4.69) is 20.8 Å². The summed E-state index contributed by atoms with van der Waals surface area (Å²) < 4.78 is 11.9. The third-order valence-electron chi connectivity index (χ3n) is 3.43. The number of methoxy groups -OCH3 is 1. The standard InChI is InChI=1S/C15H20BrNO2S/c1-3-19-14-10-12(16)11(9-13(14)18-2)15(20)17-7-5-4-6-8-17/h9-10H,3-8H2,1-2H3. The van der Waals surface area contributed by atoms with Crippen molar-refractivity contribution < 1.29 is 9.47 Å². The Balaban J connectivity index is 2.28. The SMILES string of the molecule is CCOc1cc(Br)c(C(=S)N2CCCCC2)cc1OC. The topological polar surface area (TPSA) is 21.7 Å². The number of halogens is 1. The lowest BCUT2D eigenvalue weighted by molar-refractivity contribution is 0.310. The minimum Gasteiger partial charge on any atom is -0.493 e. The van der Waals surface area contributed by atoms with Crippen LogP contribution in [0.5, 0.6) is 11.5 Å². The Kier molecular flexibility index (Phi) is 5.66. The quantitative estimate of drug-likeness (QED) is 0.758. The van der Waals surface area contributed by atoms with Gasteiger partial charge >= 0.3 is 0 Å². The van der Waals surface area contributed by atoms with Gasteiger partial charge in [-0.15, -0.1) is 0 Å². The molecule has 0 radical (unpaired) electrons. The Hall–Kier alpha value is -0.810. The van der Waals surface area contributed by atoms with E-state index in [0.717, 1.165) is 39.6 Å². The van der Waals surface area contributed by atoms with E-state index >= 15 is 0 Å². The summed E-state index contributed by atoms with van der Waals surface area (Å²) in [7, 11) is 1.65. The van der Waals surface area contributed by atoms with Crippen molar-refractivity contribution in [3.63, 3.8) is 0 Å². The van der Waals surface area contributed by atoms with E-state index in [-0.39, 0.29) is 0 Å². The summed E-state index contributed by atoms with van der Waals surface area (Å²) in [6.45, 7) is 4.65. The summed E-state index contributed by atoms with van der Waals surface area (Å²) in [5, 5.41) is 0. The summed E-state index contributed by atoms with van der Waals surface area (Å²) in [5.74, 6) is 1.47. The fourth-order valence-corrected chi connectivity index (χ4v) is 3.39. The molecule has 1 aromatic rings. The molecule has 0 aromatic heterocycles. The van der Waals surface area contributed by atoms with Crippen LogP contribution >= 0.6 is 28.1 Å². The van der Waals surface area contributed by atoms with E-state index in [0.29, 0.717) is 6.61 Å². The van der Waals surface area contributed by atoms with Crippen LogP contribution in [0.25, 0.3) is 0 Å². The van der Waals surface area contributed by atoms with Crippen molar-refractivity contribution >= 4 is 33.1 Å². The van der Waals surface area contributed by atoms with Crippen molar-refractivity contribution in [3.05, 3.63) is 22.2 Å². The van der Waals surface area contributed by atoms with E-state index < -0.39 is 0 Å². The molecule has 0 spiro atoms. The van der Waals surface area contributed by atoms with Gasteiger partial charge in [0.1, 0.15) is 4.99 Å². The van der Waals surface area contributed by atoms with Gasteiger partial charge in [0.05, 0.1) is 13.7 Å². The smallest absolute Gasteiger partial charge is 0.162 e. The highest BCUT2D eigenvalue weighted by Crippen LogP contribution is 2.34.